The van der Waals surface area contributed by atoms with Crippen LogP contribution in [-0.2, 0) is 4.79 Å². The molecule has 3 aromatic rings. The lowest BCUT2D eigenvalue weighted by Crippen LogP contribution is -2.35. The van der Waals surface area contributed by atoms with Gasteiger partial charge in [0.05, 0.1) is 11.6 Å². The Morgan fingerprint density at radius 2 is 1.81 bits per heavy atom. The lowest BCUT2D eigenvalue weighted by molar-refractivity contribution is -0.119. The number of carbonyl (C=O) groups excluding carboxylic acids is 2. The number of piperidine rings is 1. The van der Waals surface area contributed by atoms with Crippen LogP contribution in [0.2, 0.25) is 0 Å². The van der Waals surface area contributed by atoms with Gasteiger partial charge in [-0.15, -0.1) is 0 Å². The van der Waals surface area contributed by atoms with Gasteiger partial charge in [0.25, 0.3) is 5.91 Å². The summed E-state index contributed by atoms with van der Waals surface area (Å²) in [6, 6.07) is 19.5. The maximum Gasteiger partial charge on any atom is 0.255 e. The van der Waals surface area contributed by atoms with Crippen LogP contribution in [0.1, 0.15) is 46.4 Å². The summed E-state index contributed by atoms with van der Waals surface area (Å²) in [5.74, 6) is 5.74. The van der Waals surface area contributed by atoms with Crippen LogP contribution in [0.5, 0.6) is 0 Å². The number of anilines is 2. The van der Waals surface area contributed by atoms with Crippen molar-refractivity contribution in [3.63, 3.8) is 0 Å². The molecule has 0 bridgehead atoms. The standard InChI is InChI=1S/C26H20N4O2/c27-18-20-15-19(7-10-22-5-1-3-13-28-22)16-23(17-20)29-26(32)21-8-11-24(12-9-21)30-14-4-2-6-25(30)31/h1,3,5,8-9,11-13,15-17H,2,4,6,14H2,(H,29,32). The van der Waals surface area contributed by atoms with Crippen molar-refractivity contribution >= 4 is 23.2 Å². The zero-order valence-electron chi connectivity index (χ0n) is 17.3. The van der Waals surface area contributed by atoms with Crippen LogP contribution in [0.4, 0.5) is 11.4 Å². The molecule has 2 aromatic carbocycles. The fourth-order valence-corrected chi connectivity index (χ4v) is 3.48. The second kappa shape index (κ2) is 9.59. The van der Waals surface area contributed by atoms with Gasteiger partial charge in [-0.25, -0.2) is 4.98 Å². The molecular weight excluding hydrogens is 400 g/mol. The minimum atomic E-state index is -0.305. The van der Waals surface area contributed by atoms with Gasteiger partial charge in [-0.1, -0.05) is 12.0 Å². The van der Waals surface area contributed by atoms with E-state index in [0.717, 1.165) is 18.5 Å². The minimum Gasteiger partial charge on any atom is -0.322 e. The van der Waals surface area contributed by atoms with Crippen molar-refractivity contribution in [3.05, 3.63) is 89.2 Å². The van der Waals surface area contributed by atoms with E-state index in [9.17, 15) is 14.9 Å². The first-order valence-corrected chi connectivity index (χ1v) is 10.3. The van der Waals surface area contributed by atoms with Gasteiger partial charge in [0, 0.05) is 41.7 Å². The largest absolute Gasteiger partial charge is 0.322 e. The molecule has 0 saturated carbocycles. The maximum absolute atomic E-state index is 12.7. The average Bonchev–Trinajstić information content (AvgIpc) is 2.83. The predicted octanol–water partition coefficient (Wildman–Crippen LogP) is 4.12. The third-order valence-corrected chi connectivity index (χ3v) is 5.08. The number of amides is 2. The summed E-state index contributed by atoms with van der Waals surface area (Å²) in [6.45, 7) is 0.702. The summed E-state index contributed by atoms with van der Waals surface area (Å²) in [6.07, 6.45) is 4.12. The summed E-state index contributed by atoms with van der Waals surface area (Å²) in [4.78, 5) is 30.7. The average molecular weight is 420 g/mol. The highest BCUT2D eigenvalue weighted by atomic mass is 16.2. The molecule has 2 amide bonds. The Labute approximate surface area is 186 Å². The molecular formula is C26H20N4O2. The van der Waals surface area contributed by atoms with Crippen molar-refractivity contribution in [2.24, 2.45) is 0 Å². The van der Waals surface area contributed by atoms with Crippen LogP contribution in [0.3, 0.4) is 0 Å². The molecule has 156 valence electrons. The molecule has 32 heavy (non-hydrogen) atoms. The molecule has 1 aliphatic rings. The van der Waals surface area contributed by atoms with Crippen LogP contribution in [0, 0.1) is 23.2 Å². The third kappa shape index (κ3) is 5.00. The number of nitrogens with zero attached hydrogens (tertiary/aromatic N) is 3. The van der Waals surface area contributed by atoms with Crippen LogP contribution < -0.4 is 10.2 Å². The highest BCUT2D eigenvalue weighted by molar-refractivity contribution is 6.05. The normalized spacial score (nSPS) is 13.0. The molecule has 6 nitrogen and oxygen atoms in total. The molecule has 0 aliphatic carbocycles. The SMILES string of the molecule is N#Cc1cc(C#Cc2ccccn2)cc(NC(=O)c2ccc(N3CCCCC3=O)cc2)c1. The van der Waals surface area contributed by atoms with E-state index in [4.69, 9.17) is 0 Å². The molecule has 0 atom stereocenters. The van der Waals surface area contributed by atoms with Crippen molar-refractivity contribution in [1.82, 2.24) is 4.98 Å². The highest BCUT2D eigenvalue weighted by Crippen LogP contribution is 2.22. The zero-order valence-corrected chi connectivity index (χ0v) is 17.3. The highest BCUT2D eigenvalue weighted by Gasteiger charge is 2.19. The number of rotatable bonds is 3. The van der Waals surface area contributed by atoms with Crippen LogP contribution in [0.15, 0.2) is 66.9 Å². The number of hydrogen-bond acceptors (Lipinski definition) is 4. The van der Waals surface area contributed by atoms with Crippen molar-refractivity contribution in [1.29, 1.82) is 5.26 Å². The summed E-state index contributed by atoms with van der Waals surface area (Å²) in [5.41, 5.74) is 3.35. The second-order valence-electron chi connectivity index (χ2n) is 7.38. The predicted molar refractivity (Wildman–Crippen MR) is 122 cm³/mol. The summed E-state index contributed by atoms with van der Waals surface area (Å²) < 4.78 is 0. The summed E-state index contributed by atoms with van der Waals surface area (Å²) in [5, 5.41) is 12.2. The molecule has 1 N–H and O–H groups in total. The van der Waals surface area contributed by atoms with E-state index in [2.05, 4.69) is 28.2 Å². The number of carbonyl (C=O) groups is 2. The number of hydrogen-bond donors (Lipinski definition) is 1. The fraction of sp³-hybridized carbons (Fsp3) is 0.154. The number of benzene rings is 2. The van der Waals surface area contributed by atoms with Crippen LogP contribution in [-0.4, -0.2) is 23.3 Å². The molecule has 6 heteroatoms. The third-order valence-electron chi connectivity index (χ3n) is 5.08. The van der Waals surface area contributed by atoms with Crippen LogP contribution >= 0.6 is 0 Å². The molecule has 2 heterocycles. The minimum absolute atomic E-state index is 0.112. The Kier molecular flexibility index (Phi) is 6.25. The van der Waals surface area contributed by atoms with Gasteiger partial charge in [0.15, 0.2) is 0 Å². The quantitative estimate of drug-likeness (QED) is 0.646. The molecule has 0 spiro atoms. The molecule has 1 aliphatic heterocycles. The fourth-order valence-electron chi connectivity index (χ4n) is 3.48. The number of nitrogens with one attached hydrogen (secondary N) is 1. The lowest BCUT2D eigenvalue weighted by atomic mass is 10.1. The van der Waals surface area contributed by atoms with Crippen molar-refractivity contribution in [2.45, 2.75) is 19.3 Å². The van der Waals surface area contributed by atoms with Crippen molar-refractivity contribution < 1.29 is 9.59 Å². The van der Waals surface area contributed by atoms with Gasteiger partial charge >= 0.3 is 0 Å². The van der Waals surface area contributed by atoms with E-state index in [1.807, 2.05) is 12.1 Å². The lowest BCUT2D eigenvalue weighted by Gasteiger charge is -2.26. The van der Waals surface area contributed by atoms with Gasteiger partial charge in [-0.05, 0) is 73.4 Å². The first-order chi connectivity index (χ1) is 15.6. The Bertz CT molecular complexity index is 1250. The van der Waals surface area contributed by atoms with Gasteiger partial charge in [0.1, 0.15) is 5.69 Å². The molecule has 1 aromatic heterocycles. The topological polar surface area (TPSA) is 86.1 Å². The van der Waals surface area contributed by atoms with Gasteiger partial charge in [-0.3, -0.25) is 9.59 Å². The van der Waals surface area contributed by atoms with Crippen LogP contribution in [0.25, 0.3) is 0 Å². The Hall–Kier alpha value is -4.42. The number of pyridine rings is 1. The Morgan fingerprint density at radius 1 is 1.00 bits per heavy atom. The van der Waals surface area contributed by atoms with E-state index in [1.54, 1.807) is 59.6 Å². The van der Waals surface area contributed by atoms with E-state index in [0.29, 0.717) is 41.0 Å². The first-order valence-electron chi connectivity index (χ1n) is 10.3. The van der Waals surface area contributed by atoms with Gasteiger partial charge in [0.2, 0.25) is 5.91 Å². The Balaban J connectivity index is 1.51. The van der Waals surface area contributed by atoms with Crippen molar-refractivity contribution in [2.75, 3.05) is 16.8 Å². The van der Waals surface area contributed by atoms with Gasteiger partial charge < -0.3 is 10.2 Å². The molecule has 4 rings (SSSR count). The van der Waals surface area contributed by atoms with E-state index in [-0.39, 0.29) is 11.8 Å². The van der Waals surface area contributed by atoms with E-state index in [1.165, 1.54) is 0 Å². The summed E-state index contributed by atoms with van der Waals surface area (Å²) >= 11 is 0. The summed E-state index contributed by atoms with van der Waals surface area (Å²) in [7, 11) is 0. The number of aromatic nitrogens is 1. The van der Waals surface area contributed by atoms with Gasteiger partial charge in [-0.2, -0.15) is 5.26 Å². The molecule has 1 fully saturated rings. The molecule has 1 saturated heterocycles. The number of nitriles is 1. The molecule has 0 unspecified atom stereocenters. The van der Waals surface area contributed by atoms with E-state index < -0.39 is 0 Å². The monoisotopic (exact) mass is 420 g/mol. The first kappa shape index (κ1) is 20.8. The molecule has 0 radical (unpaired) electrons. The Morgan fingerprint density at radius 3 is 2.53 bits per heavy atom. The zero-order chi connectivity index (χ0) is 22.3. The van der Waals surface area contributed by atoms with Crippen molar-refractivity contribution in [3.8, 4) is 17.9 Å². The maximum atomic E-state index is 12.7. The van der Waals surface area contributed by atoms with E-state index >= 15 is 0 Å². The second-order valence-corrected chi connectivity index (χ2v) is 7.38. The smallest absolute Gasteiger partial charge is 0.255 e.